The molecule has 0 fully saturated rings. The highest BCUT2D eigenvalue weighted by atomic mass is 16.2. The molecule has 0 spiro atoms. The first kappa shape index (κ1) is 21.3. The van der Waals surface area contributed by atoms with E-state index in [4.69, 9.17) is 5.10 Å². The molecule has 3 aromatic rings. The van der Waals surface area contributed by atoms with Crippen LogP contribution in [0.3, 0.4) is 0 Å². The number of benzene rings is 2. The zero-order chi connectivity index (χ0) is 21.6. The van der Waals surface area contributed by atoms with E-state index in [1.165, 1.54) is 16.8 Å². The van der Waals surface area contributed by atoms with Gasteiger partial charge in [0.1, 0.15) is 0 Å². The Balaban J connectivity index is 1.44. The highest BCUT2D eigenvalue weighted by Crippen LogP contribution is 2.26. The van der Waals surface area contributed by atoms with Gasteiger partial charge in [-0.25, -0.2) is 0 Å². The number of nitrogens with one attached hydrogen (secondary N) is 1. The van der Waals surface area contributed by atoms with E-state index in [-0.39, 0.29) is 5.91 Å². The van der Waals surface area contributed by atoms with E-state index in [9.17, 15) is 4.79 Å². The third kappa shape index (κ3) is 5.23. The van der Waals surface area contributed by atoms with Crippen molar-refractivity contribution >= 4 is 5.91 Å². The zero-order valence-corrected chi connectivity index (χ0v) is 18.6. The lowest BCUT2D eigenvalue weighted by Gasteiger charge is -2.25. The van der Waals surface area contributed by atoms with Crippen molar-refractivity contribution in [3.8, 4) is 0 Å². The standard InChI is InChI=1S/C26H32N4O/c1-29(2)26(31)25-23-18-22(27-17-9-14-20-10-5-3-6-11-20)15-16-24(23)30(28-25)19-21-12-7-4-8-13-21/h3-8,10-13,22,27H,9,14-19H2,1-2H3. The third-order valence-electron chi connectivity index (χ3n) is 6.05. The number of aromatic nitrogens is 2. The van der Waals surface area contributed by atoms with Gasteiger partial charge < -0.3 is 10.2 Å². The van der Waals surface area contributed by atoms with Gasteiger partial charge >= 0.3 is 0 Å². The summed E-state index contributed by atoms with van der Waals surface area (Å²) in [4.78, 5) is 14.5. The van der Waals surface area contributed by atoms with Crippen LogP contribution in [0.15, 0.2) is 60.7 Å². The fourth-order valence-corrected chi connectivity index (χ4v) is 4.38. The average Bonchev–Trinajstić information content (AvgIpc) is 3.15. The summed E-state index contributed by atoms with van der Waals surface area (Å²) in [7, 11) is 3.60. The fourth-order valence-electron chi connectivity index (χ4n) is 4.38. The van der Waals surface area contributed by atoms with Gasteiger partial charge in [0.15, 0.2) is 5.69 Å². The largest absolute Gasteiger partial charge is 0.343 e. The maximum atomic E-state index is 12.8. The van der Waals surface area contributed by atoms with Gasteiger partial charge in [-0.1, -0.05) is 60.7 Å². The molecule has 1 N–H and O–H groups in total. The van der Waals surface area contributed by atoms with Crippen LogP contribution in [-0.4, -0.2) is 47.3 Å². The van der Waals surface area contributed by atoms with Crippen LogP contribution in [0.4, 0.5) is 0 Å². The monoisotopic (exact) mass is 416 g/mol. The molecule has 0 saturated carbocycles. The van der Waals surface area contributed by atoms with E-state index < -0.39 is 0 Å². The molecule has 0 saturated heterocycles. The minimum absolute atomic E-state index is 0.00668. The minimum atomic E-state index is -0.00668. The van der Waals surface area contributed by atoms with Crippen LogP contribution in [0.5, 0.6) is 0 Å². The molecule has 0 aliphatic heterocycles. The van der Waals surface area contributed by atoms with Gasteiger partial charge in [-0.15, -0.1) is 0 Å². The number of nitrogens with zero attached hydrogens (tertiary/aromatic N) is 3. The van der Waals surface area contributed by atoms with Crippen molar-refractivity contribution < 1.29 is 4.79 Å². The summed E-state index contributed by atoms with van der Waals surface area (Å²) in [5, 5.41) is 8.50. The Labute approximate surface area is 185 Å². The summed E-state index contributed by atoms with van der Waals surface area (Å²) < 4.78 is 2.05. The van der Waals surface area contributed by atoms with Crippen LogP contribution in [0, 0.1) is 0 Å². The average molecular weight is 417 g/mol. The molecule has 0 bridgehead atoms. The highest BCUT2D eigenvalue weighted by Gasteiger charge is 2.29. The number of aryl methyl sites for hydroxylation is 1. The second kappa shape index (κ2) is 9.92. The number of amides is 1. The van der Waals surface area contributed by atoms with Crippen molar-refractivity contribution in [1.29, 1.82) is 0 Å². The van der Waals surface area contributed by atoms with Crippen LogP contribution < -0.4 is 5.32 Å². The second-order valence-electron chi connectivity index (χ2n) is 8.60. The van der Waals surface area contributed by atoms with Crippen molar-refractivity contribution in [2.75, 3.05) is 20.6 Å². The van der Waals surface area contributed by atoms with Crippen LogP contribution in [0.2, 0.25) is 0 Å². The van der Waals surface area contributed by atoms with E-state index in [1.807, 2.05) is 22.9 Å². The number of carbonyl (C=O) groups is 1. The quantitative estimate of drug-likeness (QED) is 0.570. The van der Waals surface area contributed by atoms with Gasteiger partial charge in [0.2, 0.25) is 0 Å². The highest BCUT2D eigenvalue weighted by molar-refractivity contribution is 5.93. The Morgan fingerprint density at radius 1 is 1.06 bits per heavy atom. The van der Waals surface area contributed by atoms with E-state index in [2.05, 4.69) is 47.8 Å². The van der Waals surface area contributed by atoms with Gasteiger partial charge in [-0.2, -0.15) is 5.10 Å². The molecular weight excluding hydrogens is 384 g/mol. The molecular formula is C26H32N4O. The minimum Gasteiger partial charge on any atom is -0.343 e. The number of fused-ring (bicyclic) bond motifs is 1. The van der Waals surface area contributed by atoms with Crippen LogP contribution >= 0.6 is 0 Å². The molecule has 162 valence electrons. The predicted molar refractivity (Wildman–Crippen MR) is 124 cm³/mol. The first-order chi connectivity index (χ1) is 15.1. The maximum Gasteiger partial charge on any atom is 0.274 e. The zero-order valence-electron chi connectivity index (χ0n) is 18.6. The van der Waals surface area contributed by atoms with E-state index in [1.54, 1.807) is 19.0 Å². The molecule has 4 rings (SSSR count). The lowest BCUT2D eigenvalue weighted by molar-refractivity contribution is 0.0820. The molecule has 31 heavy (non-hydrogen) atoms. The normalized spacial score (nSPS) is 15.5. The number of hydrogen-bond acceptors (Lipinski definition) is 3. The van der Waals surface area contributed by atoms with Crippen molar-refractivity contribution in [3.05, 3.63) is 88.7 Å². The SMILES string of the molecule is CN(C)C(=O)c1nn(Cc2ccccc2)c2c1CC(NCCCc1ccccc1)CC2. The molecule has 0 radical (unpaired) electrons. The van der Waals surface area contributed by atoms with Crippen LogP contribution in [-0.2, 0) is 25.8 Å². The van der Waals surface area contributed by atoms with E-state index in [0.29, 0.717) is 18.3 Å². The number of hydrogen-bond donors (Lipinski definition) is 1. The molecule has 5 heteroatoms. The Bertz CT molecular complexity index is 995. The Morgan fingerprint density at radius 3 is 2.42 bits per heavy atom. The van der Waals surface area contributed by atoms with Gasteiger partial charge in [0.25, 0.3) is 5.91 Å². The van der Waals surface area contributed by atoms with Crippen molar-refractivity contribution in [3.63, 3.8) is 0 Å². The molecule has 5 nitrogen and oxygen atoms in total. The summed E-state index contributed by atoms with van der Waals surface area (Å²) >= 11 is 0. The van der Waals surface area contributed by atoms with Crippen LogP contribution in [0.25, 0.3) is 0 Å². The van der Waals surface area contributed by atoms with Gasteiger partial charge in [0, 0.05) is 31.4 Å². The first-order valence-corrected chi connectivity index (χ1v) is 11.2. The molecule has 1 aliphatic rings. The first-order valence-electron chi connectivity index (χ1n) is 11.2. The Morgan fingerprint density at radius 2 is 1.74 bits per heavy atom. The summed E-state index contributed by atoms with van der Waals surface area (Å²) in [6, 6.07) is 21.4. The molecule has 1 amide bonds. The van der Waals surface area contributed by atoms with Crippen molar-refractivity contribution in [2.45, 2.75) is 44.7 Å². The smallest absolute Gasteiger partial charge is 0.274 e. The molecule has 1 aliphatic carbocycles. The maximum absolute atomic E-state index is 12.8. The summed E-state index contributed by atoms with van der Waals surface area (Å²) in [5.74, 6) is -0.00668. The van der Waals surface area contributed by atoms with Crippen molar-refractivity contribution in [1.82, 2.24) is 20.0 Å². The van der Waals surface area contributed by atoms with Crippen molar-refractivity contribution in [2.24, 2.45) is 0 Å². The number of rotatable bonds is 8. The Hall–Kier alpha value is -2.92. The van der Waals surface area contributed by atoms with Gasteiger partial charge in [0.05, 0.1) is 6.54 Å². The third-order valence-corrected chi connectivity index (χ3v) is 6.05. The van der Waals surface area contributed by atoms with Gasteiger partial charge in [-0.05, 0) is 49.8 Å². The lowest BCUT2D eigenvalue weighted by atomic mass is 9.91. The van der Waals surface area contributed by atoms with E-state index in [0.717, 1.165) is 44.2 Å². The fraction of sp³-hybridized carbons (Fsp3) is 0.385. The topological polar surface area (TPSA) is 50.2 Å². The molecule has 2 aromatic carbocycles. The Kier molecular flexibility index (Phi) is 6.82. The summed E-state index contributed by atoms with van der Waals surface area (Å²) in [5.41, 5.74) is 5.55. The lowest BCUT2D eigenvalue weighted by Crippen LogP contribution is -2.36. The summed E-state index contributed by atoms with van der Waals surface area (Å²) in [6.07, 6.45) is 5.10. The van der Waals surface area contributed by atoms with Crippen LogP contribution in [0.1, 0.15) is 45.7 Å². The molecule has 1 aromatic heterocycles. The summed E-state index contributed by atoms with van der Waals surface area (Å²) in [6.45, 7) is 1.70. The number of carbonyl (C=O) groups excluding carboxylic acids is 1. The molecule has 1 heterocycles. The second-order valence-corrected chi connectivity index (χ2v) is 8.60. The predicted octanol–water partition coefficient (Wildman–Crippen LogP) is 3.71. The van der Waals surface area contributed by atoms with E-state index >= 15 is 0 Å². The van der Waals surface area contributed by atoms with Gasteiger partial charge in [-0.3, -0.25) is 9.48 Å². The molecule has 1 unspecified atom stereocenters. The molecule has 1 atom stereocenters.